The number of nitrogens with two attached hydrogens (primary N) is 1. The third-order valence-electron chi connectivity index (χ3n) is 4.38. The average molecular weight is 361 g/mol. The highest BCUT2D eigenvalue weighted by molar-refractivity contribution is 7.91. The van der Waals surface area contributed by atoms with Gasteiger partial charge >= 0.3 is 0 Å². The Morgan fingerprint density at radius 2 is 1.78 bits per heavy atom. The maximum atomic E-state index is 12.6. The zero-order chi connectivity index (χ0) is 17.1. The summed E-state index contributed by atoms with van der Waals surface area (Å²) in [6, 6.07) is 5.16. The summed E-state index contributed by atoms with van der Waals surface area (Å²) in [4.78, 5) is -0.0171. The van der Waals surface area contributed by atoms with Crippen LogP contribution in [0, 0.1) is 5.92 Å². The van der Waals surface area contributed by atoms with E-state index in [1.165, 1.54) is 31.2 Å². The van der Waals surface area contributed by atoms with Crippen LogP contribution in [0.5, 0.6) is 0 Å². The quantitative estimate of drug-likeness (QED) is 0.762. The van der Waals surface area contributed by atoms with Crippen molar-refractivity contribution in [1.82, 2.24) is 4.72 Å². The predicted molar refractivity (Wildman–Crippen MR) is 89.3 cm³/mol. The molecule has 0 radical (unpaired) electrons. The molecule has 0 saturated heterocycles. The van der Waals surface area contributed by atoms with Crippen molar-refractivity contribution in [3.8, 4) is 0 Å². The highest BCUT2D eigenvalue weighted by Crippen LogP contribution is 2.28. The van der Waals surface area contributed by atoms with Crippen molar-refractivity contribution < 1.29 is 16.8 Å². The lowest BCUT2D eigenvalue weighted by atomic mass is 9.99. The second-order valence-corrected chi connectivity index (χ2v) is 9.88. The summed E-state index contributed by atoms with van der Waals surface area (Å²) in [5, 5.41) is 0. The van der Waals surface area contributed by atoms with E-state index in [2.05, 4.69) is 4.72 Å². The molecular weight excluding hydrogens is 336 g/mol. The molecule has 1 fully saturated rings. The monoisotopic (exact) mass is 360 g/mol. The lowest BCUT2D eigenvalue weighted by Crippen LogP contribution is -2.44. The van der Waals surface area contributed by atoms with Crippen molar-refractivity contribution in [2.24, 2.45) is 11.7 Å². The first-order valence-corrected chi connectivity index (χ1v) is 11.0. The van der Waals surface area contributed by atoms with Crippen LogP contribution in [0.2, 0.25) is 0 Å². The number of rotatable bonds is 7. The molecule has 1 unspecified atom stereocenters. The van der Waals surface area contributed by atoms with E-state index in [4.69, 9.17) is 5.73 Å². The molecule has 3 N–H and O–H groups in total. The second kappa shape index (κ2) is 7.29. The van der Waals surface area contributed by atoms with Gasteiger partial charge in [0.1, 0.15) is 0 Å². The molecule has 130 valence electrons. The van der Waals surface area contributed by atoms with Crippen LogP contribution in [0.4, 0.5) is 0 Å². The van der Waals surface area contributed by atoms with Gasteiger partial charge in [-0.15, -0.1) is 0 Å². The van der Waals surface area contributed by atoms with E-state index in [1.54, 1.807) is 0 Å². The Morgan fingerprint density at radius 3 is 2.35 bits per heavy atom. The average Bonchev–Trinajstić information content (AvgIpc) is 3.07. The van der Waals surface area contributed by atoms with E-state index in [1.807, 2.05) is 0 Å². The Bertz CT molecular complexity index is 738. The van der Waals surface area contributed by atoms with Gasteiger partial charge in [0.15, 0.2) is 9.84 Å². The molecule has 0 amide bonds. The Hall–Kier alpha value is -0.960. The van der Waals surface area contributed by atoms with Gasteiger partial charge in [0.2, 0.25) is 10.0 Å². The van der Waals surface area contributed by atoms with Crippen LogP contribution in [-0.4, -0.2) is 35.2 Å². The number of benzene rings is 1. The lowest BCUT2D eigenvalue weighted by Gasteiger charge is -2.23. The predicted octanol–water partition coefficient (Wildman–Crippen LogP) is 1.28. The van der Waals surface area contributed by atoms with Gasteiger partial charge in [-0.25, -0.2) is 21.6 Å². The molecule has 0 spiro atoms. The Kier molecular flexibility index (Phi) is 5.83. The van der Waals surface area contributed by atoms with E-state index in [-0.39, 0.29) is 34.0 Å². The molecule has 0 heterocycles. The fraction of sp³-hybridized carbons (Fsp3) is 0.600. The lowest BCUT2D eigenvalue weighted by molar-refractivity contribution is 0.405. The van der Waals surface area contributed by atoms with Crippen molar-refractivity contribution >= 4 is 19.9 Å². The molecule has 1 atom stereocenters. The molecule has 2 rings (SSSR count). The molecule has 1 aromatic rings. The fourth-order valence-corrected chi connectivity index (χ4v) is 5.33. The van der Waals surface area contributed by atoms with Crippen molar-refractivity contribution in [3.63, 3.8) is 0 Å². The Morgan fingerprint density at radius 1 is 1.17 bits per heavy atom. The third-order valence-corrected chi connectivity index (χ3v) is 7.60. The minimum Gasteiger partial charge on any atom is -0.329 e. The number of hydrogen-bond acceptors (Lipinski definition) is 5. The van der Waals surface area contributed by atoms with Gasteiger partial charge in [-0.3, -0.25) is 0 Å². The summed E-state index contributed by atoms with van der Waals surface area (Å²) in [5.41, 5.74) is 5.74. The van der Waals surface area contributed by atoms with Crippen LogP contribution in [0.15, 0.2) is 34.1 Å². The maximum Gasteiger partial charge on any atom is 0.240 e. The van der Waals surface area contributed by atoms with E-state index < -0.39 is 19.9 Å². The molecule has 23 heavy (non-hydrogen) atoms. The van der Waals surface area contributed by atoms with Crippen molar-refractivity contribution in [2.75, 3.05) is 12.3 Å². The first-order chi connectivity index (χ1) is 10.8. The van der Waals surface area contributed by atoms with Gasteiger partial charge in [-0.1, -0.05) is 25.8 Å². The SMILES string of the molecule is CCS(=O)(=O)c1cccc(S(=O)(=O)NC(CN)C2CCCC2)c1. The van der Waals surface area contributed by atoms with Crippen LogP contribution in [0.1, 0.15) is 32.6 Å². The van der Waals surface area contributed by atoms with Crippen LogP contribution < -0.4 is 10.5 Å². The zero-order valence-corrected chi connectivity index (χ0v) is 14.9. The molecule has 0 aromatic heterocycles. The highest BCUT2D eigenvalue weighted by atomic mass is 32.2. The summed E-state index contributed by atoms with van der Waals surface area (Å²) < 4.78 is 51.6. The highest BCUT2D eigenvalue weighted by Gasteiger charge is 2.28. The largest absolute Gasteiger partial charge is 0.329 e. The van der Waals surface area contributed by atoms with Crippen molar-refractivity contribution in [3.05, 3.63) is 24.3 Å². The van der Waals surface area contributed by atoms with Gasteiger partial charge in [-0.05, 0) is 37.0 Å². The van der Waals surface area contributed by atoms with Gasteiger partial charge in [-0.2, -0.15) is 0 Å². The molecule has 1 aliphatic carbocycles. The van der Waals surface area contributed by atoms with E-state index >= 15 is 0 Å². The van der Waals surface area contributed by atoms with Crippen LogP contribution in [0.3, 0.4) is 0 Å². The molecule has 1 aliphatic rings. The van der Waals surface area contributed by atoms with Crippen LogP contribution in [-0.2, 0) is 19.9 Å². The van der Waals surface area contributed by atoms with E-state index in [0.29, 0.717) is 0 Å². The topological polar surface area (TPSA) is 106 Å². The van der Waals surface area contributed by atoms with E-state index in [0.717, 1.165) is 25.7 Å². The van der Waals surface area contributed by atoms with Crippen molar-refractivity contribution in [2.45, 2.75) is 48.4 Å². The second-order valence-electron chi connectivity index (χ2n) is 5.89. The third kappa shape index (κ3) is 4.32. The number of hydrogen-bond donors (Lipinski definition) is 2. The minimum atomic E-state index is -3.79. The normalized spacial score (nSPS) is 18.2. The molecule has 1 saturated carbocycles. The molecule has 0 bridgehead atoms. The Labute approximate surface area is 138 Å². The molecule has 0 aliphatic heterocycles. The summed E-state index contributed by atoms with van der Waals surface area (Å²) in [6.07, 6.45) is 4.11. The molecule has 1 aromatic carbocycles. The fourth-order valence-electron chi connectivity index (χ4n) is 2.97. The van der Waals surface area contributed by atoms with Gasteiger partial charge < -0.3 is 5.73 Å². The molecule has 6 nitrogen and oxygen atoms in total. The standard InChI is InChI=1S/C15H24N2O4S2/c1-2-22(18,19)13-8-5-9-14(10-13)23(20,21)17-15(11-16)12-6-3-4-7-12/h5,8-10,12,15,17H,2-4,6-7,11,16H2,1H3. The molecule has 8 heteroatoms. The van der Waals surface area contributed by atoms with E-state index in [9.17, 15) is 16.8 Å². The van der Waals surface area contributed by atoms with Crippen molar-refractivity contribution in [1.29, 1.82) is 0 Å². The Balaban J connectivity index is 2.27. The summed E-state index contributed by atoms with van der Waals surface area (Å²) in [5.74, 6) is 0.176. The number of sulfonamides is 1. The summed E-state index contributed by atoms with van der Waals surface area (Å²) in [7, 11) is -7.24. The first-order valence-electron chi connectivity index (χ1n) is 7.85. The zero-order valence-electron chi connectivity index (χ0n) is 13.2. The van der Waals surface area contributed by atoms with Crippen LogP contribution in [0.25, 0.3) is 0 Å². The maximum absolute atomic E-state index is 12.6. The van der Waals surface area contributed by atoms with Crippen LogP contribution >= 0.6 is 0 Å². The number of nitrogens with one attached hydrogen (secondary N) is 1. The van der Waals surface area contributed by atoms with Gasteiger partial charge in [0.25, 0.3) is 0 Å². The smallest absolute Gasteiger partial charge is 0.240 e. The first kappa shape index (κ1) is 18.4. The summed E-state index contributed by atoms with van der Waals surface area (Å²) >= 11 is 0. The molecular formula is C15H24N2O4S2. The minimum absolute atomic E-state index is 0.0213. The summed E-state index contributed by atoms with van der Waals surface area (Å²) in [6.45, 7) is 1.76. The number of sulfone groups is 1. The van der Waals surface area contributed by atoms with Gasteiger partial charge in [0, 0.05) is 12.6 Å². The van der Waals surface area contributed by atoms with Gasteiger partial charge in [0.05, 0.1) is 15.5 Å².